The van der Waals surface area contributed by atoms with Crippen LogP contribution in [0.15, 0.2) is 285 Å². The van der Waals surface area contributed by atoms with E-state index in [9.17, 15) is 0 Å². The molecule has 338 valence electrons. The average Bonchev–Trinajstić information content (AvgIpc) is 3.67. The van der Waals surface area contributed by atoms with Crippen LogP contribution in [0.5, 0.6) is 0 Å². The predicted octanol–water partition coefficient (Wildman–Crippen LogP) is 15.5. The Balaban J connectivity index is 1.14. The monoisotopic (exact) mass is 923 g/mol. The minimum atomic E-state index is -2.90. The van der Waals surface area contributed by atoms with E-state index in [0.717, 1.165) is 28.2 Å². The molecule has 1 aliphatic carbocycles. The van der Waals surface area contributed by atoms with E-state index in [1.807, 2.05) is 0 Å². The van der Waals surface area contributed by atoms with Crippen molar-refractivity contribution in [2.45, 2.75) is 19.3 Å². The fourth-order valence-electron chi connectivity index (χ4n) is 11.4. The number of hydrogen-bond acceptors (Lipinski definition) is 1. The lowest BCUT2D eigenvalue weighted by atomic mass is 9.82. The van der Waals surface area contributed by atoms with E-state index in [-0.39, 0.29) is 5.41 Å². The topological polar surface area (TPSA) is 3.24 Å². The highest BCUT2D eigenvalue weighted by atomic mass is 28.3. The van der Waals surface area contributed by atoms with Gasteiger partial charge >= 0.3 is 0 Å². The molecule has 0 saturated carbocycles. The molecule has 11 aromatic carbocycles. The van der Waals surface area contributed by atoms with Gasteiger partial charge in [0.1, 0.15) is 0 Å². The number of benzene rings is 11. The molecule has 0 atom stereocenters. The molecule has 0 saturated heterocycles. The van der Waals surface area contributed by atoms with Gasteiger partial charge in [-0.2, -0.15) is 0 Å². The smallest absolute Gasteiger partial charge is 0.179 e. The first-order chi connectivity index (χ1) is 35.0. The third kappa shape index (κ3) is 7.74. The van der Waals surface area contributed by atoms with E-state index in [1.165, 1.54) is 76.4 Å². The molecule has 2 heteroatoms. The standard InChI is InChI=1S/C69H53NSi/c1-69(2)65-39-19-18-37-63(65)64-48-55(45-46-66(64)69)62-38-22-40-67(68(62)53-43-41-52(42-44-53)50-23-8-3-9-24-50)70(56-28-20-27-54(47-56)51-25-10-4-11-26-51)57-29-21-36-61(49-57)71(58-30-12-5-13-31-58,59-32-14-6-15-33-59)60-34-16-7-17-35-60/h3-49H,1-2H3. The molecule has 0 aromatic heterocycles. The van der Waals surface area contributed by atoms with E-state index >= 15 is 0 Å². The van der Waals surface area contributed by atoms with Crippen molar-refractivity contribution in [3.05, 3.63) is 296 Å². The van der Waals surface area contributed by atoms with Gasteiger partial charge in [0.15, 0.2) is 8.07 Å². The molecule has 0 radical (unpaired) electrons. The SMILES string of the molecule is CC1(C)c2ccccc2-c2cc(-c3cccc(N(c4cccc(-c5ccccc5)c4)c4cccc([Si](c5ccccc5)(c5ccccc5)c5ccccc5)c4)c3-c3ccc(-c4ccccc4)cc3)ccc21. The van der Waals surface area contributed by atoms with E-state index < -0.39 is 8.07 Å². The maximum atomic E-state index is 2.52. The number of rotatable bonds is 11. The lowest BCUT2D eigenvalue weighted by Gasteiger charge is -2.36. The molecular weight excluding hydrogens is 871 g/mol. The second-order valence-corrected chi connectivity index (χ2v) is 23.0. The van der Waals surface area contributed by atoms with Crippen LogP contribution in [-0.2, 0) is 5.41 Å². The van der Waals surface area contributed by atoms with E-state index in [4.69, 9.17) is 0 Å². The van der Waals surface area contributed by atoms with Crippen LogP contribution in [-0.4, -0.2) is 8.07 Å². The summed E-state index contributed by atoms with van der Waals surface area (Å²) in [6.07, 6.45) is 0. The van der Waals surface area contributed by atoms with Gasteiger partial charge in [-0.15, -0.1) is 0 Å². The molecule has 12 rings (SSSR count). The molecule has 0 N–H and O–H groups in total. The third-order valence-corrected chi connectivity index (χ3v) is 19.6. The van der Waals surface area contributed by atoms with E-state index in [1.54, 1.807) is 0 Å². The molecule has 1 aliphatic rings. The molecule has 1 nitrogen and oxygen atoms in total. The minimum Gasteiger partial charge on any atom is -0.310 e. The van der Waals surface area contributed by atoms with Crippen LogP contribution < -0.4 is 25.6 Å². The lowest BCUT2D eigenvalue weighted by Crippen LogP contribution is -2.74. The van der Waals surface area contributed by atoms with Crippen LogP contribution in [0.25, 0.3) is 55.6 Å². The largest absolute Gasteiger partial charge is 0.310 e. The van der Waals surface area contributed by atoms with Gasteiger partial charge in [-0.25, -0.2) is 0 Å². The van der Waals surface area contributed by atoms with Gasteiger partial charge in [-0.3, -0.25) is 0 Å². The summed E-state index contributed by atoms with van der Waals surface area (Å²) in [6, 6.07) is 106. The molecule has 0 heterocycles. The van der Waals surface area contributed by atoms with Crippen molar-refractivity contribution in [2.75, 3.05) is 4.90 Å². The fraction of sp³-hybridized carbons (Fsp3) is 0.0435. The second kappa shape index (κ2) is 18.4. The summed E-state index contributed by atoms with van der Waals surface area (Å²) in [5, 5.41) is 5.34. The van der Waals surface area contributed by atoms with Crippen molar-refractivity contribution >= 4 is 45.9 Å². The number of anilines is 3. The van der Waals surface area contributed by atoms with Crippen LogP contribution in [0.1, 0.15) is 25.0 Å². The number of nitrogens with zero attached hydrogens (tertiary/aromatic N) is 1. The summed E-state index contributed by atoms with van der Waals surface area (Å²) in [6.45, 7) is 4.72. The molecule has 11 aromatic rings. The molecule has 71 heavy (non-hydrogen) atoms. The van der Waals surface area contributed by atoms with E-state index in [0.29, 0.717) is 0 Å². The Morgan fingerprint density at radius 1 is 0.282 bits per heavy atom. The summed E-state index contributed by atoms with van der Waals surface area (Å²) in [5.74, 6) is 0. The van der Waals surface area contributed by atoms with Crippen molar-refractivity contribution in [3.63, 3.8) is 0 Å². The zero-order valence-electron chi connectivity index (χ0n) is 40.1. The molecule has 0 spiro atoms. The Bertz CT molecular complexity index is 3550. The maximum Gasteiger partial charge on any atom is 0.179 e. The summed E-state index contributed by atoms with van der Waals surface area (Å²) in [5.41, 5.74) is 18.0. The highest BCUT2D eigenvalue weighted by Gasteiger charge is 2.42. The third-order valence-electron chi connectivity index (χ3n) is 14.8. The zero-order valence-corrected chi connectivity index (χ0v) is 41.1. The van der Waals surface area contributed by atoms with Gasteiger partial charge in [0.25, 0.3) is 0 Å². The summed E-state index contributed by atoms with van der Waals surface area (Å²) in [4.78, 5) is 2.52. The summed E-state index contributed by atoms with van der Waals surface area (Å²) < 4.78 is 0. The average molecular weight is 924 g/mol. The van der Waals surface area contributed by atoms with Gasteiger partial charge in [0, 0.05) is 22.4 Å². The minimum absolute atomic E-state index is 0.0915. The summed E-state index contributed by atoms with van der Waals surface area (Å²) >= 11 is 0. The van der Waals surface area contributed by atoms with Crippen molar-refractivity contribution < 1.29 is 0 Å². The highest BCUT2D eigenvalue weighted by Crippen LogP contribution is 2.51. The molecule has 0 aliphatic heterocycles. The first-order valence-electron chi connectivity index (χ1n) is 24.7. The Morgan fingerprint density at radius 2 is 0.704 bits per heavy atom. The quantitative estimate of drug-likeness (QED) is 0.0923. The molecular formula is C69H53NSi. The van der Waals surface area contributed by atoms with Gasteiger partial charge in [0.05, 0.1) is 5.69 Å². The predicted molar refractivity (Wildman–Crippen MR) is 304 cm³/mol. The number of hydrogen-bond donors (Lipinski definition) is 0. The first kappa shape index (κ1) is 43.7. The molecule has 0 amide bonds. The van der Waals surface area contributed by atoms with Gasteiger partial charge in [-0.1, -0.05) is 263 Å². The highest BCUT2D eigenvalue weighted by molar-refractivity contribution is 7.19. The Hall–Kier alpha value is -8.56. The van der Waals surface area contributed by atoms with Crippen molar-refractivity contribution in [1.29, 1.82) is 0 Å². The normalized spacial score (nSPS) is 12.5. The Kier molecular flexibility index (Phi) is 11.3. The van der Waals surface area contributed by atoms with E-state index in [2.05, 4.69) is 304 Å². The maximum absolute atomic E-state index is 2.90. The zero-order chi connectivity index (χ0) is 47.8. The lowest BCUT2D eigenvalue weighted by molar-refractivity contribution is 0.660. The molecule has 0 fully saturated rings. The number of fused-ring (bicyclic) bond motifs is 3. The van der Waals surface area contributed by atoms with Crippen LogP contribution in [0.4, 0.5) is 17.1 Å². The van der Waals surface area contributed by atoms with Gasteiger partial charge < -0.3 is 4.90 Å². The van der Waals surface area contributed by atoms with Crippen molar-refractivity contribution in [1.82, 2.24) is 0 Å². The van der Waals surface area contributed by atoms with Crippen molar-refractivity contribution in [2.24, 2.45) is 0 Å². The summed E-state index contributed by atoms with van der Waals surface area (Å²) in [7, 11) is -2.90. The fourth-order valence-corrected chi connectivity index (χ4v) is 16.2. The van der Waals surface area contributed by atoms with Gasteiger partial charge in [-0.05, 0) is 118 Å². The van der Waals surface area contributed by atoms with Crippen molar-refractivity contribution in [3.8, 4) is 55.6 Å². The van der Waals surface area contributed by atoms with Gasteiger partial charge in [0.2, 0.25) is 0 Å². The molecule has 0 bridgehead atoms. The van der Waals surface area contributed by atoms with Crippen LogP contribution in [0.3, 0.4) is 0 Å². The molecule has 0 unspecified atom stereocenters. The Labute approximate surface area is 419 Å². The van der Waals surface area contributed by atoms with Crippen LogP contribution >= 0.6 is 0 Å². The van der Waals surface area contributed by atoms with Crippen LogP contribution in [0, 0.1) is 0 Å². The van der Waals surface area contributed by atoms with Crippen LogP contribution in [0.2, 0.25) is 0 Å². The second-order valence-electron chi connectivity index (χ2n) is 19.2. The Morgan fingerprint density at radius 3 is 1.32 bits per heavy atom. The first-order valence-corrected chi connectivity index (χ1v) is 26.7.